The van der Waals surface area contributed by atoms with Crippen LogP contribution < -0.4 is 5.32 Å². The highest BCUT2D eigenvalue weighted by atomic mass is 35.5. The Bertz CT molecular complexity index is 1050. The lowest BCUT2D eigenvalue weighted by molar-refractivity contribution is -0.384. The fourth-order valence-corrected chi connectivity index (χ4v) is 3.56. The van der Waals surface area contributed by atoms with Crippen LogP contribution in [-0.2, 0) is 6.42 Å². The topological polar surface area (TPSA) is 73.0 Å². The Labute approximate surface area is 159 Å². The molecular weight excluding hydrogens is 375 g/mol. The lowest BCUT2D eigenvalue weighted by Crippen LogP contribution is -2.06. The fourth-order valence-electron chi connectivity index (χ4n) is 3.18. The number of benzene rings is 2. The highest BCUT2D eigenvalue weighted by molar-refractivity contribution is 6.35. The van der Waals surface area contributed by atoms with Gasteiger partial charge in [0.15, 0.2) is 0 Å². The van der Waals surface area contributed by atoms with E-state index in [4.69, 9.17) is 28.3 Å². The fraction of sp³-hybridized carbons (Fsp3) is 0.167. The molecule has 4 rings (SSSR count). The highest BCUT2D eigenvalue weighted by Gasteiger charge is 2.26. The molecule has 0 aliphatic carbocycles. The van der Waals surface area contributed by atoms with Gasteiger partial charge in [0.1, 0.15) is 5.82 Å². The summed E-state index contributed by atoms with van der Waals surface area (Å²) in [5, 5.41) is 20.3. The van der Waals surface area contributed by atoms with Crippen molar-refractivity contribution in [3.63, 3.8) is 0 Å². The van der Waals surface area contributed by atoms with Gasteiger partial charge in [0.25, 0.3) is 5.69 Å². The van der Waals surface area contributed by atoms with Gasteiger partial charge in [0.05, 0.1) is 21.3 Å². The number of halogens is 2. The third kappa shape index (κ3) is 2.71. The van der Waals surface area contributed by atoms with Crippen LogP contribution in [0.3, 0.4) is 0 Å². The normalized spacial score (nSPS) is 12.7. The molecule has 0 amide bonds. The number of nitrogens with one attached hydrogen (secondary N) is 1. The summed E-state index contributed by atoms with van der Waals surface area (Å²) in [5.41, 5.74) is 4.09. The van der Waals surface area contributed by atoms with Crippen LogP contribution in [-0.4, -0.2) is 21.2 Å². The van der Waals surface area contributed by atoms with E-state index in [2.05, 4.69) is 5.32 Å². The van der Waals surface area contributed by atoms with Gasteiger partial charge >= 0.3 is 0 Å². The van der Waals surface area contributed by atoms with E-state index in [0.29, 0.717) is 15.7 Å². The minimum absolute atomic E-state index is 0.0233. The lowest BCUT2D eigenvalue weighted by atomic mass is 10.1. The number of fused-ring (bicyclic) bond motifs is 1. The van der Waals surface area contributed by atoms with E-state index in [1.807, 2.05) is 6.92 Å². The van der Waals surface area contributed by atoms with Crippen LogP contribution in [0.5, 0.6) is 0 Å². The van der Waals surface area contributed by atoms with Crippen molar-refractivity contribution in [2.45, 2.75) is 13.3 Å². The number of aryl methyl sites for hydroxylation is 1. The zero-order valence-electron chi connectivity index (χ0n) is 13.8. The van der Waals surface area contributed by atoms with Gasteiger partial charge in [0, 0.05) is 34.8 Å². The summed E-state index contributed by atoms with van der Waals surface area (Å²) in [6.07, 6.45) is 0.793. The number of aromatic nitrogens is 2. The standard InChI is InChI=1S/C18H14Cl2N4O2/c1-10-2-4-12(24(25)26)9-16(10)23-18-13(6-7-21-18)17(22-23)14-8-11(19)3-5-15(14)20/h2-5,8-9,21H,6-7H2,1H3. The van der Waals surface area contributed by atoms with E-state index in [1.54, 1.807) is 28.9 Å². The molecule has 3 aromatic rings. The van der Waals surface area contributed by atoms with Gasteiger partial charge < -0.3 is 5.32 Å². The quantitative estimate of drug-likeness (QED) is 0.504. The van der Waals surface area contributed by atoms with Crippen molar-refractivity contribution >= 4 is 34.7 Å². The smallest absolute Gasteiger partial charge is 0.271 e. The molecule has 1 aromatic heterocycles. The van der Waals surface area contributed by atoms with Crippen molar-refractivity contribution in [1.82, 2.24) is 9.78 Å². The molecule has 0 spiro atoms. The molecule has 6 nitrogen and oxygen atoms in total. The minimum atomic E-state index is -0.408. The summed E-state index contributed by atoms with van der Waals surface area (Å²) in [5.74, 6) is 0.833. The van der Waals surface area contributed by atoms with Gasteiger partial charge in [-0.25, -0.2) is 4.68 Å². The summed E-state index contributed by atoms with van der Waals surface area (Å²) in [6, 6.07) is 10.0. The molecule has 1 aliphatic rings. The van der Waals surface area contributed by atoms with Crippen molar-refractivity contribution in [1.29, 1.82) is 0 Å². The van der Waals surface area contributed by atoms with Gasteiger partial charge in [-0.3, -0.25) is 10.1 Å². The van der Waals surface area contributed by atoms with Crippen LogP contribution >= 0.6 is 23.2 Å². The first-order valence-electron chi connectivity index (χ1n) is 8.02. The SMILES string of the molecule is Cc1ccc([N+](=O)[O-])cc1-n1nc(-c2cc(Cl)ccc2Cl)c2c1NCC2. The number of hydrogen-bond donors (Lipinski definition) is 1. The first-order valence-corrected chi connectivity index (χ1v) is 8.78. The largest absolute Gasteiger partial charge is 0.369 e. The van der Waals surface area contributed by atoms with Crippen LogP contribution in [0.2, 0.25) is 10.0 Å². The predicted molar refractivity (Wildman–Crippen MR) is 103 cm³/mol. The van der Waals surface area contributed by atoms with Crippen molar-refractivity contribution in [2.24, 2.45) is 0 Å². The van der Waals surface area contributed by atoms with Gasteiger partial charge in [-0.1, -0.05) is 29.3 Å². The zero-order valence-corrected chi connectivity index (χ0v) is 15.3. The highest BCUT2D eigenvalue weighted by Crippen LogP contribution is 2.39. The molecule has 0 unspecified atom stereocenters. The molecule has 0 saturated heterocycles. The van der Waals surface area contributed by atoms with E-state index >= 15 is 0 Å². The summed E-state index contributed by atoms with van der Waals surface area (Å²) < 4.78 is 1.72. The summed E-state index contributed by atoms with van der Waals surface area (Å²) in [6.45, 7) is 2.67. The van der Waals surface area contributed by atoms with Crippen LogP contribution in [0, 0.1) is 17.0 Å². The molecule has 0 atom stereocenters. The number of nitro groups is 1. The molecule has 1 N–H and O–H groups in total. The van der Waals surface area contributed by atoms with Gasteiger partial charge in [-0.15, -0.1) is 0 Å². The van der Waals surface area contributed by atoms with Crippen molar-refractivity contribution < 1.29 is 4.92 Å². The second kappa shape index (κ2) is 6.30. The molecule has 0 bridgehead atoms. The minimum Gasteiger partial charge on any atom is -0.369 e. The van der Waals surface area contributed by atoms with Crippen molar-refractivity contribution in [3.8, 4) is 16.9 Å². The van der Waals surface area contributed by atoms with Gasteiger partial charge in [-0.2, -0.15) is 5.10 Å². The van der Waals surface area contributed by atoms with E-state index in [1.165, 1.54) is 12.1 Å². The number of nitrogens with zero attached hydrogens (tertiary/aromatic N) is 3. The van der Waals surface area contributed by atoms with Gasteiger partial charge in [-0.05, 0) is 37.1 Å². The third-order valence-corrected chi connectivity index (χ3v) is 5.03. The van der Waals surface area contributed by atoms with E-state index in [-0.39, 0.29) is 5.69 Å². The number of nitro benzene ring substituents is 1. The van der Waals surface area contributed by atoms with Crippen LogP contribution in [0.25, 0.3) is 16.9 Å². The van der Waals surface area contributed by atoms with Gasteiger partial charge in [0.2, 0.25) is 0 Å². The van der Waals surface area contributed by atoms with E-state index in [0.717, 1.165) is 41.2 Å². The van der Waals surface area contributed by atoms with E-state index < -0.39 is 4.92 Å². The van der Waals surface area contributed by atoms with Crippen LogP contribution in [0.1, 0.15) is 11.1 Å². The number of rotatable bonds is 3. The molecular formula is C18H14Cl2N4O2. The Morgan fingerprint density at radius 3 is 2.81 bits per heavy atom. The molecule has 0 radical (unpaired) electrons. The number of hydrogen-bond acceptors (Lipinski definition) is 4. The second-order valence-corrected chi connectivity index (χ2v) is 6.96. The molecule has 1 aliphatic heterocycles. The van der Waals surface area contributed by atoms with Crippen LogP contribution in [0.4, 0.5) is 11.5 Å². The maximum absolute atomic E-state index is 11.2. The zero-order chi connectivity index (χ0) is 18.4. The monoisotopic (exact) mass is 388 g/mol. The third-order valence-electron chi connectivity index (χ3n) is 4.47. The predicted octanol–water partition coefficient (Wildman–Crippen LogP) is 5.03. The number of anilines is 1. The molecule has 2 heterocycles. The molecule has 2 aromatic carbocycles. The Hall–Kier alpha value is -2.57. The Morgan fingerprint density at radius 2 is 2.04 bits per heavy atom. The molecule has 0 saturated carbocycles. The van der Waals surface area contributed by atoms with Crippen molar-refractivity contribution in [2.75, 3.05) is 11.9 Å². The molecule has 8 heteroatoms. The van der Waals surface area contributed by atoms with Crippen molar-refractivity contribution in [3.05, 3.63) is 67.7 Å². The second-order valence-electron chi connectivity index (χ2n) is 6.12. The van der Waals surface area contributed by atoms with Crippen LogP contribution in [0.15, 0.2) is 36.4 Å². The summed E-state index contributed by atoms with van der Waals surface area (Å²) in [4.78, 5) is 10.8. The number of non-ortho nitro benzene ring substituents is 1. The average molecular weight is 389 g/mol. The Kier molecular flexibility index (Phi) is 4.09. The summed E-state index contributed by atoms with van der Waals surface area (Å²) >= 11 is 12.5. The van der Waals surface area contributed by atoms with E-state index in [9.17, 15) is 10.1 Å². The maximum atomic E-state index is 11.2. The molecule has 26 heavy (non-hydrogen) atoms. The average Bonchev–Trinajstić information content (AvgIpc) is 3.20. The maximum Gasteiger partial charge on any atom is 0.271 e. The Balaban J connectivity index is 1.94. The Morgan fingerprint density at radius 1 is 1.23 bits per heavy atom. The summed E-state index contributed by atoms with van der Waals surface area (Å²) in [7, 11) is 0. The molecule has 132 valence electrons. The molecule has 0 fully saturated rings. The first-order chi connectivity index (χ1) is 12.5. The first kappa shape index (κ1) is 16.9. The lowest BCUT2D eigenvalue weighted by Gasteiger charge is -2.09.